The summed E-state index contributed by atoms with van der Waals surface area (Å²) >= 11 is 1.48. The van der Waals surface area contributed by atoms with E-state index in [0.29, 0.717) is 5.13 Å². The van der Waals surface area contributed by atoms with Gasteiger partial charge in [0.1, 0.15) is 0 Å². The summed E-state index contributed by atoms with van der Waals surface area (Å²) in [7, 11) is 3.93. The quantitative estimate of drug-likeness (QED) is 0.438. The van der Waals surface area contributed by atoms with Crippen LogP contribution < -0.4 is 10.2 Å². The van der Waals surface area contributed by atoms with E-state index in [4.69, 9.17) is 10.5 Å². The predicted molar refractivity (Wildman–Crippen MR) is 132 cm³/mol. The van der Waals surface area contributed by atoms with Crippen molar-refractivity contribution in [3.8, 4) is 27.5 Å². The normalized spacial score (nSPS) is 12.1. The van der Waals surface area contributed by atoms with E-state index in [2.05, 4.69) is 15.3 Å². The summed E-state index contributed by atoms with van der Waals surface area (Å²) in [6, 6.07) is 9.91. The fraction of sp³-hybridized carbons (Fsp3) is 0.208. The number of thiazole rings is 1. The van der Waals surface area contributed by atoms with Crippen LogP contribution in [-0.4, -0.2) is 46.0 Å². The molecule has 3 heterocycles. The molecule has 0 saturated carbocycles. The van der Waals surface area contributed by atoms with Gasteiger partial charge in [0.25, 0.3) is 0 Å². The second kappa shape index (κ2) is 8.25. The molecule has 8 nitrogen and oxygen atoms in total. The van der Waals surface area contributed by atoms with Gasteiger partial charge in [-0.1, -0.05) is 11.3 Å². The van der Waals surface area contributed by atoms with E-state index in [9.17, 15) is 4.79 Å². The number of pyridine rings is 1. The molecule has 1 amide bonds. The molecule has 0 bridgehead atoms. The van der Waals surface area contributed by atoms with Crippen LogP contribution in [0.25, 0.3) is 27.5 Å². The van der Waals surface area contributed by atoms with Gasteiger partial charge in [0, 0.05) is 62.0 Å². The number of aryl methyl sites for hydroxylation is 1. The third kappa shape index (κ3) is 3.70. The van der Waals surface area contributed by atoms with Crippen molar-refractivity contribution in [2.75, 3.05) is 24.3 Å². The molecule has 0 spiro atoms. The molecule has 0 atom stereocenters. The first-order valence-electron chi connectivity index (χ1n) is 10.6. The van der Waals surface area contributed by atoms with Crippen LogP contribution in [0.3, 0.4) is 0 Å². The Morgan fingerprint density at radius 2 is 2.12 bits per heavy atom. The van der Waals surface area contributed by atoms with Crippen molar-refractivity contribution in [1.29, 1.82) is 5.41 Å². The third-order valence-corrected chi connectivity index (χ3v) is 6.64. The number of anilines is 2. The van der Waals surface area contributed by atoms with Crippen molar-refractivity contribution in [1.82, 2.24) is 19.7 Å². The molecule has 0 aliphatic heterocycles. The lowest BCUT2D eigenvalue weighted by Crippen LogP contribution is -2.12. The van der Waals surface area contributed by atoms with Gasteiger partial charge in [0.2, 0.25) is 5.91 Å². The largest absolute Gasteiger partial charge is 0.377 e. The van der Waals surface area contributed by atoms with Gasteiger partial charge < -0.3 is 15.6 Å². The highest BCUT2D eigenvalue weighted by atomic mass is 32.1. The minimum Gasteiger partial charge on any atom is -0.377 e. The fourth-order valence-corrected chi connectivity index (χ4v) is 5.28. The van der Waals surface area contributed by atoms with Gasteiger partial charge in [-0.05, 0) is 43.2 Å². The topological polar surface area (TPSA) is 99.8 Å². The number of carbonyl (C=O) groups excluding carboxylic acids is 1. The summed E-state index contributed by atoms with van der Waals surface area (Å²) in [6.07, 6.45) is 6.54. The molecule has 0 saturated heterocycles. The minimum atomic E-state index is -0.135. The molecule has 9 heteroatoms. The number of nitrogens with one attached hydrogen (secondary N) is 2. The first-order chi connectivity index (χ1) is 16.0. The standard InChI is InChI=1S/C24H23N7OS/c1-14(32)27-24-28-19-9-8-18-21(16-5-4-10-26-13-16)29-31(22(18)23(19)33-24)17-7-6-15(12-25)20(11-17)30(2)3/h4-7,10-13,25H,8-9H2,1-3H3,(H,27,28,32). The average Bonchev–Trinajstić information content (AvgIpc) is 3.39. The van der Waals surface area contributed by atoms with Crippen molar-refractivity contribution in [2.45, 2.75) is 19.8 Å². The van der Waals surface area contributed by atoms with Gasteiger partial charge >= 0.3 is 0 Å². The molecule has 4 aromatic rings. The van der Waals surface area contributed by atoms with E-state index in [1.165, 1.54) is 24.5 Å². The van der Waals surface area contributed by atoms with E-state index in [1.54, 1.807) is 6.20 Å². The lowest BCUT2D eigenvalue weighted by atomic mass is 9.95. The highest BCUT2D eigenvalue weighted by Crippen LogP contribution is 2.44. The molecule has 1 aromatic carbocycles. The third-order valence-electron chi connectivity index (χ3n) is 5.62. The molecule has 1 aliphatic rings. The van der Waals surface area contributed by atoms with Crippen LogP contribution in [0.4, 0.5) is 10.8 Å². The van der Waals surface area contributed by atoms with Crippen molar-refractivity contribution in [2.24, 2.45) is 0 Å². The Bertz CT molecular complexity index is 1370. The van der Waals surface area contributed by atoms with Crippen LogP contribution in [-0.2, 0) is 17.6 Å². The number of hydrogen-bond acceptors (Lipinski definition) is 7. The molecular weight excluding hydrogens is 434 g/mol. The van der Waals surface area contributed by atoms with E-state index in [0.717, 1.165) is 62.9 Å². The number of rotatable bonds is 5. The van der Waals surface area contributed by atoms with E-state index in [-0.39, 0.29) is 5.91 Å². The van der Waals surface area contributed by atoms with E-state index in [1.807, 2.05) is 60.2 Å². The maximum Gasteiger partial charge on any atom is 0.223 e. The lowest BCUT2D eigenvalue weighted by molar-refractivity contribution is -0.114. The molecule has 0 fully saturated rings. The van der Waals surface area contributed by atoms with Crippen LogP contribution in [0.5, 0.6) is 0 Å². The zero-order valence-electron chi connectivity index (χ0n) is 18.6. The molecule has 3 aromatic heterocycles. The molecule has 0 radical (unpaired) electrons. The molecule has 5 rings (SSSR count). The summed E-state index contributed by atoms with van der Waals surface area (Å²) in [5, 5.41) is 16.2. The Morgan fingerprint density at radius 3 is 2.82 bits per heavy atom. The van der Waals surface area contributed by atoms with Crippen LogP contribution in [0.15, 0.2) is 42.7 Å². The van der Waals surface area contributed by atoms with Gasteiger partial charge in [-0.3, -0.25) is 9.78 Å². The molecule has 2 N–H and O–H groups in total. The monoisotopic (exact) mass is 457 g/mol. The first kappa shape index (κ1) is 21.0. The SMILES string of the molecule is CC(=O)Nc1nc2c(s1)-c1c(c(-c3cccnc3)nn1-c1ccc(C=N)c(N(C)C)c1)CC2. The smallest absolute Gasteiger partial charge is 0.223 e. The Morgan fingerprint density at radius 1 is 1.27 bits per heavy atom. The lowest BCUT2D eigenvalue weighted by Gasteiger charge is -2.18. The highest BCUT2D eigenvalue weighted by molar-refractivity contribution is 7.19. The highest BCUT2D eigenvalue weighted by Gasteiger charge is 2.30. The summed E-state index contributed by atoms with van der Waals surface area (Å²) in [6.45, 7) is 1.49. The Balaban J connectivity index is 1.75. The summed E-state index contributed by atoms with van der Waals surface area (Å²) in [4.78, 5) is 23.6. The van der Waals surface area contributed by atoms with Gasteiger partial charge in [-0.15, -0.1) is 0 Å². The Hall–Kier alpha value is -3.85. The van der Waals surface area contributed by atoms with E-state index >= 15 is 0 Å². The number of nitrogens with zero attached hydrogens (tertiary/aromatic N) is 5. The second-order valence-electron chi connectivity index (χ2n) is 8.09. The minimum absolute atomic E-state index is 0.135. The molecular formula is C24H23N7OS. The van der Waals surface area contributed by atoms with Gasteiger partial charge in [-0.2, -0.15) is 5.10 Å². The molecule has 166 valence electrons. The first-order valence-corrected chi connectivity index (χ1v) is 11.4. The van der Waals surface area contributed by atoms with Crippen molar-refractivity contribution in [3.05, 3.63) is 59.5 Å². The predicted octanol–water partition coefficient (Wildman–Crippen LogP) is 4.18. The van der Waals surface area contributed by atoms with Gasteiger partial charge in [-0.25, -0.2) is 9.67 Å². The summed E-state index contributed by atoms with van der Waals surface area (Å²) in [5.41, 5.74) is 7.66. The summed E-state index contributed by atoms with van der Waals surface area (Å²) in [5.74, 6) is -0.135. The summed E-state index contributed by atoms with van der Waals surface area (Å²) < 4.78 is 1.96. The Labute approximate surface area is 195 Å². The fourth-order valence-electron chi connectivity index (χ4n) is 4.17. The number of fused-ring (bicyclic) bond motifs is 3. The number of amides is 1. The maximum absolute atomic E-state index is 11.6. The number of carbonyl (C=O) groups is 1. The molecule has 33 heavy (non-hydrogen) atoms. The number of aromatic nitrogens is 4. The van der Waals surface area contributed by atoms with Crippen LogP contribution in [0.1, 0.15) is 23.7 Å². The van der Waals surface area contributed by atoms with Crippen LogP contribution in [0, 0.1) is 5.41 Å². The molecule has 0 unspecified atom stereocenters. The maximum atomic E-state index is 11.6. The van der Waals surface area contributed by atoms with Crippen molar-refractivity contribution < 1.29 is 4.79 Å². The second-order valence-corrected chi connectivity index (χ2v) is 9.09. The zero-order chi connectivity index (χ0) is 23.1. The Kier molecular flexibility index (Phi) is 5.26. The van der Waals surface area contributed by atoms with Crippen molar-refractivity contribution in [3.63, 3.8) is 0 Å². The van der Waals surface area contributed by atoms with Gasteiger partial charge in [0.15, 0.2) is 5.13 Å². The van der Waals surface area contributed by atoms with Gasteiger partial charge in [0.05, 0.1) is 27.6 Å². The van der Waals surface area contributed by atoms with Crippen LogP contribution >= 0.6 is 11.3 Å². The zero-order valence-corrected chi connectivity index (χ0v) is 19.4. The van der Waals surface area contributed by atoms with Crippen LogP contribution in [0.2, 0.25) is 0 Å². The van der Waals surface area contributed by atoms with E-state index < -0.39 is 0 Å². The average molecular weight is 458 g/mol. The number of benzene rings is 1. The van der Waals surface area contributed by atoms with Crippen molar-refractivity contribution >= 4 is 34.3 Å². The number of hydrogen-bond donors (Lipinski definition) is 2. The molecule has 1 aliphatic carbocycles.